The van der Waals surface area contributed by atoms with Gasteiger partial charge in [-0.2, -0.15) is 4.57 Å². The maximum absolute atomic E-state index is 9.75. The number of halogens is 4. The van der Waals surface area contributed by atoms with Crippen molar-refractivity contribution < 1.29 is 31.3 Å². The fraction of sp³-hybridized carbons (Fsp3) is 0.286. The number of aryl methyl sites for hydroxylation is 3. The van der Waals surface area contributed by atoms with E-state index in [-0.39, 0.29) is 0 Å². The maximum Gasteiger partial charge on any atom is 0.673 e. The lowest BCUT2D eigenvalue weighted by Gasteiger charge is -2.13. The molecule has 3 nitrogen and oxygen atoms in total. The smallest absolute Gasteiger partial charge is 0.497 e. The van der Waals surface area contributed by atoms with E-state index in [1.54, 1.807) is 14.2 Å². The standard InChI is InChI=1S/C21H24NO2.BF4/c1-13-8-7-9-19(15(13)3)22-14(2)10-17-11-18(23-5)12-20(24-6)21(17)16(22)4;2-1(3,4)5/h7-12H,1-6H3;/q+1;-1. The molecule has 0 aliphatic carbocycles. The molecule has 0 N–H and O–H groups in total. The largest absolute Gasteiger partial charge is 0.673 e. The van der Waals surface area contributed by atoms with Crippen molar-refractivity contribution in [1.29, 1.82) is 0 Å². The van der Waals surface area contributed by atoms with E-state index >= 15 is 0 Å². The molecule has 8 heteroatoms. The minimum Gasteiger partial charge on any atom is -0.497 e. The van der Waals surface area contributed by atoms with Gasteiger partial charge in [0.1, 0.15) is 11.5 Å². The van der Waals surface area contributed by atoms with Gasteiger partial charge in [0.05, 0.1) is 19.6 Å². The summed E-state index contributed by atoms with van der Waals surface area (Å²) in [7, 11) is -2.62. The second-order valence-corrected chi connectivity index (χ2v) is 6.71. The predicted octanol–water partition coefficient (Wildman–Crippen LogP) is 5.67. The van der Waals surface area contributed by atoms with E-state index < -0.39 is 7.25 Å². The Morgan fingerprint density at radius 2 is 1.48 bits per heavy atom. The zero-order chi connectivity index (χ0) is 21.9. The first-order valence-corrected chi connectivity index (χ1v) is 8.99. The van der Waals surface area contributed by atoms with E-state index in [4.69, 9.17) is 9.47 Å². The molecule has 0 atom stereocenters. The Labute approximate surface area is 168 Å². The predicted molar refractivity (Wildman–Crippen MR) is 108 cm³/mol. The fourth-order valence-corrected chi connectivity index (χ4v) is 3.41. The van der Waals surface area contributed by atoms with Gasteiger partial charge in [-0.1, -0.05) is 12.1 Å². The molecular weight excluding hydrogens is 385 g/mol. The average molecular weight is 409 g/mol. The van der Waals surface area contributed by atoms with Crippen LogP contribution in [0.5, 0.6) is 11.5 Å². The first-order valence-electron chi connectivity index (χ1n) is 8.99. The van der Waals surface area contributed by atoms with Gasteiger partial charge in [-0.15, -0.1) is 0 Å². The topological polar surface area (TPSA) is 22.3 Å². The number of methoxy groups -OCH3 is 2. The maximum atomic E-state index is 9.75. The summed E-state index contributed by atoms with van der Waals surface area (Å²) >= 11 is 0. The highest BCUT2D eigenvalue weighted by Crippen LogP contribution is 2.33. The Hall–Kier alpha value is -2.77. The van der Waals surface area contributed by atoms with Crippen LogP contribution in [0, 0.1) is 27.7 Å². The van der Waals surface area contributed by atoms with E-state index in [1.165, 1.54) is 28.2 Å². The molecule has 0 bridgehead atoms. The van der Waals surface area contributed by atoms with Crippen molar-refractivity contribution in [2.75, 3.05) is 14.2 Å². The quantitative estimate of drug-likeness (QED) is 0.316. The number of hydrogen-bond donors (Lipinski definition) is 0. The zero-order valence-electron chi connectivity index (χ0n) is 17.3. The fourth-order valence-electron chi connectivity index (χ4n) is 3.41. The number of rotatable bonds is 3. The first-order chi connectivity index (χ1) is 13.5. The number of pyridine rings is 1. The minimum atomic E-state index is -6.00. The Balaban J connectivity index is 0.000000537. The van der Waals surface area contributed by atoms with Gasteiger partial charge < -0.3 is 26.7 Å². The molecule has 156 valence electrons. The number of benzene rings is 2. The minimum absolute atomic E-state index is 0.808. The summed E-state index contributed by atoms with van der Waals surface area (Å²) < 4.78 is 52.4. The molecule has 0 radical (unpaired) electrons. The monoisotopic (exact) mass is 409 g/mol. The van der Waals surface area contributed by atoms with Crippen LogP contribution in [0.25, 0.3) is 16.5 Å². The number of nitrogens with zero attached hydrogens (tertiary/aromatic N) is 1. The van der Waals surface area contributed by atoms with E-state index in [9.17, 15) is 17.3 Å². The van der Waals surface area contributed by atoms with Gasteiger partial charge in [0.2, 0.25) is 5.69 Å². The normalized spacial score (nSPS) is 11.1. The highest BCUT2D eigenvalue weighted by molar-refractivity contribution is 6.50. The SMILES string of the molecule is COc1cc(OC)c2c(C)[n+](-c3cccc(C)c3C)c(C)cc2c1.F[B-](F)(F)F. The van der Waals surface area contributed by atoms with Gasteiger partial charge in [-0.05, 0) is 25.5 Å². The van der Waals surface area contributed by atoms with E-state index in [0.29, 0.717) is 0 Å². The van der Waals surface area contributed by atoms with Crippen molar-refractivity contribution in [3.63, 3.8) is 0 Å². The van der Waals surface area contributed by atoms with Crippen LogP contribution in [0.1, 0.15) is 22.5 Å². The van der Waals surface area contributed by atoms with Crippen LogP contribution in [-0.4, -0.2) is 21.5 Å². The van der Waals surface area contributed by atoms with Crippen molar-refractivity contribution in [2.45, 2.75) is 27.7 Å². The molecule has 0 saturated heterocycles. The van der Waals surface area contributed by atoms with E-state index in [1.807, 2.05) is 6.07 Å². The van der Waals surface area contributed by atoms with Crippen LogP contribution in [0.3, 0.4) is 0 Å². The first kappa shape index (κ1) is 22.5. The molecule has 3 aromatic rings. The Kier molecular flexibility index (Phi) is 6.77. The molecule has 29 heavy (non-hydrogen) atoms. The van der Waals surface area contributed by atoms with E-state index in [2.05, 4.69) is 62.6 Å². The molecule has 0 aliphatic rings. The summed E-state index contributed by atoms with van der Waals surface area (Å²) in [4.78, 5) is 0. The van der Waals surface area contributed by atoms with Crippen molar-refractivity contribution >= 4 is 18.0 Å². The third-order valence-electron chi connectivity index (χ3n) is 4.79. The van der Waals surface area contributed by atoms with Gasteiger partial charge >= 0.3 is 7.25 Å². The molecule has 2 aromatic carbocycles. The number of fused-ring (bicyclic) bond motifs is 1. The van der Waals surface area contributed by atoms with Crippen LogP contribution in [0.15, 0.2) is 36.4 Å². The number of hydrogen-bond acceptors (Lipinski definition) is 2. The van der Waals surface area contributed by atoms with Crippen LogP contribution in [-0.2, 0) is 0 Å². The summed E-state index contributed by atoms with van der Waals surface area (Å²) in [5.74, 6) is 1.64. The summed E-state index contributed by atoms with van der Waals surface area (Å²) in [6.45, 7) is 8.61. The van der Waals surface area contributed by atoms with Crippen molar-refractivity contribution in [2.24, 2.45) is 0 Å². The molecule has 1 aromatic heterocycles. The van der Waals surface area contributed by atoms with Gasteiger partial charge in [-0.25, -0.2) is 0 Å². The molecule has 0 aliphatic heterocycles. The van der Waals surface area contributed by atoms with Crippen LogP contribution < -0.4 is 14.0 Å². The molecule has 0 spiro atoms. The molecule has 0 fully saturated rings. The third kappa shape index (κ3) is 5.19. The Morgan fingerprint density at radius 1 is 0.862 bits per heavy atom. The lowest BCUT2D eigenvalue weighted by atomic mass is 10.0. The van der Waals surface area contributed by atoms with Gasteiger partial charge in [0.25, 0.3) is 0 Å². The third-order valence-corrected chi connectivity index (χ3v) is 4.79. The van der Waals surface area contributed by atoms with E-state index in [0.717, 1.165) is 22.3 Å². The molecule has 1 heterocycles. The molecule has 0 amide bonds. The summed E-state index contributed by atoms with van der Waals surface area (Å²) in [6.07, 6.45) is 0. The average Bonchev–Trinajstić information content (AvgIpc) is 2.62. The van der Waals surface area contributed by atoms with Gasteiger partial charge in [-0.3, -0.25) is 0 Å². The Bertz CT molecular complexity index is 1030. The molecule has 0 unspecified atom stereocenters. The van der Waals surface area contributed by atoms with Crippen LogP contribution in [0.2, 0.25) is 0 Å². The van der Waals surface area contributed by atoms with Crippen LogP contribution in [0.4, 0.5) is 17.3 Å². The summed E-state index contributed by atoms with van der Waals surface area (Å²) in [5, 5.41) is 2.24. The summed E-state index contributed by atoms with van der Waals surface area (Å²) in [5.41, 5.74) is 6.15. The van der Waals surface area contributed by atoms with Gasteiger partial charge in [0, 0.05) is 43.0 Å². The van der Waals surface area contributed by atoms with Gasteiger partial charge in [0.15, 0.2) is 11.4 Å². The number of ether oxygens (including phenoxy) is 2. The van der Waals surface area contributed by atoms with Crippen molar-refractivity contribution in [1.82, 2.24) is 0 Å². The molecule has 3 rings (SSSR count). The number of aromatic nitrogens is 1. The van der Waals surface area contributed by atoms with Crippen molar-refractivity contribution in [3.8, 4) is 17.2 Å². The highest BCUT2D eigenvalue weighted by atomic mass is 19.5. The molecule has 0 saturated carbocycles. The lowest BCUT2D eigenvalue weighted by Crippen LogP contribution is -2.38. The lowest BCUT2D eigenvalue weighted by molar-refractivity contribution is -0.608. The van der Waals surface area contributed by atoms with Crippen LogP contribution >= 0.6 is 0 Å². The zero-order valence-corrected chi connectivity index (χ0v) is 17.3. The second kappa shape index (κ2) is 8.72. The highest BCUT2D eigenvalue weighted by Gasteiger charge is 2.23. The van der Waals surface area contributed by atoms with Crippen molar-refractivity contribution in [3.05, 3.63) is 58.9 Å². The second-order valence-electron chi connectivity index (χ2n) is 6.71. The summed E-state index contributed by atoms with van der Waals surface area (Å²) in [6, 6.07) is 12.6. The molecular formula is C21H24BF4NO2. The Morgan fingerprint density at radius 3 is 2.03 bits per heavy atom.